The van der Waals surface area contributed by atoms with Crippen LogP contribution in [0.1, 0.15) is 47.0 Å². The molecule has 0 aromatic carbocycles. The molecule has 0 aromatic heterocycles. The fourth-order valence-electron chi connectivity index (χ4n) is 6.44. The Morgan fingerprint density at radius 2 is 1.96 bits per heavy atom. The zero-order valence-electron chi connectivity index (χ0n) is 15.5. The summed E-state index contributed by atoms with van der Waals surface area (Å²) in [5.41, 5.74) is -2.01. The van der Waals surface area contributed by atoms with Gasteiger partial charge in [-0.1, -0.05) is 34.3 Å². The topological polar surface area (TPSA) is 72.8 Å². The molecular formula is C20H28O5. The summed E-state index contributed by atoms with van der Waals surface area (Å²) >= 11 is 0. The SMILES string of the molecule is C=C1CO[C@H]2[C@@H]3C(=O)C[C@@H](C(C)C)[C@]3(C)C[C@@H]3OC(=O)C[C@@]3(C)[C@@]12O. The van der Waals surface area contributed by atoms with Crippen LogP contribution in [-0.2, 0) is 19.1 Å². The molecule has 2 aliphatic heterocycles. The van der Waals surface area contributed by atoms with E-state index in [0.717, 1.165) is 0 Å². The number of carbonyl (C=O) groups is 2. The molecule has 2 heterocycles. The molecule has 0 aromatic rings. The predicted octanol–water partition coefficient (Wildman–Crippen LogP) is 2.27. The van der Waals surface area contributed by atoms with E-state index in [1.54, 1.807) is 0 Å². The van der Waals surface area contributed by atoms with Crippen LogP contribution in [0.3, 0.4) is 0 Å². The van der Waals surface area contributed by atoms with Gasteiger partial charge >= 0.3 is 5.97 Å². The van der Waals surface area contributed by atoms with E-state index in [9.17, 15) is 14.7 Å². The lowest BCUT2D eigenvalue weighted by molar-refractivity contribution is -0.148. The third kappa shape index (κ3) is 1.86. The maximum Gasteiger partial charge on any atom is 0.306 e. The molecule has 5 nitrogen and oxygen atoms in total. The number of carbonyl (C=O) groups excluding carboxylic acids is 2. The standard InChI is InChI=1S/C20H28O5/c1-10(2)12-6-13(21)16-17-20(23,11(3)9-24-17)19(5)8-15(22)25-14(19)7-18(12,16)4/h10,12,14,16-17,23H,3,6-9H2,1-2,4-5H3/t12-,14-,16-,17-,18-,19+,20+/m0/s1. The second kappa shape index (κ2) is 4.95. The molecular weight excluding hydrogens is 320 g/mol. The first-order valence-corrected chi connectivity index (χ1v) is 9.30. The molecule has 0 bridgehead atoms. The highest BCUT2D eigenvalue weighted by molar-refractivity contribution is 5.86. The normalized spacial score (nSPS) is 52.0. The average Bonchev–Trinajstić information content (AvgIpc) is 3.04. The van der Waals surface area contributed by atoms with Crippen molar-refractivity contribution in [2.45, 2.75) is 64.8 Å². The number of hydrogen-bond acceptors (Lipinski definition) is 5. The van der Waals surface area contributed by atoms with E-state index in [1.165, 1.54) is 0 Å². The lowest BCUT2D eigenvalue weighted by Gasteiger charge is -2.44. The van der Waals surface area contributed by atoms with E-state index in [-0.39, 0.29) is 42.0 Å². The van der Waals surface area contributed by atoms with Gasteiger partial charge in [0.05, 0.1) is 24.4 Å². The Morgan fingerprint density at radius 3 is 2.60 bits per heavy atom. The summed E-state index contributed by atoms with van der Waals surface area (Å²) in [6.45, 7) is 12.6. The summed E-state index contributed by atoms with van der Waals surface area (Å²) < 4.78 is 11.7. The van der Waals surface area contributed by atoms with Gasteiger partial charge in [0.15, 0.2) is 0 Å². The molecule has 0 spiro atoms. The van der Waals surface area contributed by atoms with Crippen LogP contribution >= 0.6 is 0 Å². The van der Waals surface area contributed by atoms with E-state index in [0.29, 0.717) is 24.3 Å². The molecule has 0 amide bonds. The first-order chi connectivity index (χ1) is 11.6. The van der Waals surface area contributed by atoms with E-state index < -0.39 is 23.2 Å². The molecule has 5 heteroatoms. The Labute approximate surface area is 148 Å². The van der Waals surface area contributed by atoms with Crippen molar-refractivity contribution in [1.29, 1.82) is 0 Å². The van der Waals surface area contributed by atoms with Crippen molar-refractivity contribution in [3.8, 4) is 0 Å². The van der Waals surface area contributed by atoms with Gasteiger partial charge < -0.3 is 14.6 Å². The minimum Gasteiger partial charge on any atom is -0.462 e. The molecule has 2 aliphatic carbocycles. The van der Waals surface area contributed by atoms with E-state index in [1.807, 2.05) is 6.92 Å². The van der Waals surface area contributed by atoms with Gasteiger partial charge in [-0.15, -0.1) is 0 Å². The summed E-state index contributed by atoms with van der Waals surface area (Å²) in [6, 6.07) is 0. The highest BCUT2D eigenvalue weighted by Crippen LogP contribution is 2.65. The van der Waals surface area contributed by atoms with Crippen LogP contribution in [0.25, 0.3) is 0 Å². The van der Waals surface area contributed by atoms with Crippen molar-refractivity contribution in [2.75, 3.05) is 6.61 Å². The highest BCUT2D eigenvalue weighted by Gasteiger charge is 2.74. The monoisotopic (exact) mass is 348 g/mol. The molecule has 4 rings (SSSR count). The van der Waals surface area contributed by atoms with Gasteiger partial charge in [0.2, 0.25) is 0 Å². The largest absolute Gasteiger partial charge is 0.462 e. The van der Waals surface area contributed by atoms with Crippen molar-refractivity contribution >= 4 is 11.8 Å². The molecule has 2 saturated heterocycles. The molecule has 1 N–H and O–H groups in total. The summed E-state index contributed by atoms with van der Waals surface area (Å²) in [4.78, 5) is 25.2. The Morgan fingerprint density at radius 1 is 1.28 bits per heavy atom. The van der Waals surface area contributed by atoms with Crippen molar-refractivity contribution in [3.05, 3.63) is 12.2 Å². The van der Waals surface area contributed by atoms with Gasteiger partial charge in [0, 0.05) is 6.42 Å². The summed E-state index contributed by atoms with van der Waals surface area (Å²) in [6.07, 6.45) is 0.151. The fourth-order valence-corrected chi connectivity index (χ4v) is 6.44. The third-order valence-electron chi connectivity index (χ3n) is 7.81. The van der Waals surface area contributed by atoms with Crippen LogP contribution in [0, 0.1) is 28.6 Å². The van der Waals surface area contributed by atoms with Crippen molar-refractivity contribution in [2.24, 2.45) is 28.6 Å². The predicted molar refractivity (Wildman–Crippen MR) is 90.6 cm³/mol. The Bertz CT molecular complexity index is 669. The lowest BCUT2D eigenvalue weighted by atomic mass is 9.63. The van der Waals surface area contributed by atoms with Crippen LogP contribution in [0.4, 0.5) is 0 Å². The maximum absolute atomic E-state index is 13.0. The highest BCUT2D eigenvalue weighted by atomic mass is 16.6. The van der Waals surface area contributed by atoms with Gasteiger partial charge in [0.25, 0.3) is 0 Å². The number of hydrogen-bond donors (Lipinski definition) is 1. The Hall–Kier alpha value is -1.20. The molecule has 2 saturated carbocycles. The van der Waals surface area contributed by atoms with Crippen LogP contribution in [0.2, 0.25) is 0 Å². The minimum absolute atomic E-state index is 0.135. The Kier molecular flexibility index (Phi) is 3.41. The van der Waals surface area contributed by atoms with Gasteiger partial charge in [0.1, 0.15) is 23.6 Å². The van der Waals surface area contributed by atoms with Crippen LogP contribution in [0.15, 0.2) is 12.2 Å². The van der Waals surface area contributed by atoms with Gasteiger partial charge in [-0.2, -0.15) is 0 Å². The van der Waals surface area contributed by atoms with E-state index >= 15 is 0 Å². The number of aliphatic hydroxyl groups is 1. The van der Waals surface area contributed by atoms with Gasteiger partial charge in [-0.25, -0.2) is 0 Å². The number of rotatable bonds is 1. The summed E-state index contributed by atoms with van der Waals surface area (Å²) in [5.74, 6) is 0.0119. The van der Waals surface area contributed by atoms with Crippen molar-refractivity contribution < 1.29 is 24.2 Å². The molecule has 25 heavy (non-hydrogen) atoms. The molecule has 4 aliphatic rings. The number of ketones is 1. The van der Waals surface area contributed by atoms with Crippen molar-refractivity contribution in [1.82, 2.24) is 0 Å². The molecule has 138 valence electrons. The fraction of sp³-hybridized carbons (Fsp3) is 0.800. The Balaban J connectivity index is 1.92. The van der Waals surface area contributed by atoms with E-state index in [2.05, 4.69) is 27.4 Å². The van der Waals surface area contributed by atoms with Crippen LogP contribution in [-0.4, -0.2) is 41.3 Å². The van der Waals surface area contributed by atoms with Gasteiger partial charge in [-0.3, -0.25) is 9.59 Å². The third-order valence-corrected chi connectivity index (χ3v) is 7.81. The number of fused-ring (bicyclic) bond motifs is 5. The van der Waals surface area contributed by atoms with E-state index in [4.69, 9.17) is 9.47 Å². The molecule has 4 fully saturated rings. The first-order valence-electron chi connectivity index (χ1n) is 9.30. The minimum atomic E-state index is -1.41. The summed E-state index contributed by atoms with van der Waals surface area (Å²) in [7, 11) is 0. The second-order valence-electron chi connectivity index (χ2n) is 9.38. The second-order valence-corrected chi connectivity index (χ2v) is 9.38. The zero-order valence-corrected chi connectivity index (χ0v) is 15.5. The molecule has 7 atom stereocenters. The molecule has 0 unspecified atom stereocenters. The molecule has 0 radical (unpaired) electrons. The number of Topliss-reactive ketones (excluding diaryl/α,β-unsaturated/α-hetero) is 1. The van der Waals surface area contributed by atoms with Crippen LogP contribution in [0.5, 0.6) is 0 Å². The zero-order chi connectivity index (χ0) is 18.4. The smallest absolute Gasteiger partial charge is 0.306 e. The summed E-state index contributed by atoms with van der Waals surface area (Å²) in [5, 5.41) is 11.8. The number of ether oxygens (including phenoxy) is 2. The maximum atomic E-state index is 13.0. The van der Waals surface area contributed by atoms with Crippen LogP contribution < -0.4 is 0 Å². The van der Waals surface area contributed by atoms with Crippen molar-refractivity contribution in [3.63, 3.8) is 0 Å². The van der Waals surface area contributed by atoms with Gasteiger partial charge in [-0.05, 0) is 29.2 Å². The average molecular weight is 348 g/mol. The quantitative estimate of drug-likeness (QED) is 0.581. The lowest BCUT2D eigenvalue weighted by Crippen LogP contribution is -2.58. The number of esters is 1. The first kappa shape index (κ1) is 17.2.